The van der Waals surface area contributed by atoms with Crippen LogP contribution in [0.1, 0.15) is 58.6 Å². The van der Waals surface area contributed by atoms with E-state index in [-0.39, 0.29) is 23.0 Å². The standard InChI is InChI=1S/C22H37N3O/c1-21(2)14-17(15-22(3,4)23-21)13-20(26)25(7)19(16-24(5)6)18-11-9-8-10-12-18/h8-12,17,19,23H,13-16H2,1-7H3/t19-/m0/s1. The van der Waals surface area contributed by atoms with Gasteiger partial charge >= 0.3 is 0 Å². The third-order valence-electron chi connectivity index (χ3n) is 5.32. The molecule has 1 aromatic rings. The van der Waals surface area contributed by atoms with E-state index in [1.807, 2.05) is 30.1 Å². The molecule has 0 aliphatic carbocycles. The van der Waals surface area contributed by atoms with Gasteiger partial charge in [0.1, 0.15) is 0 Å². The quantitative estimate of drug-likeness (QED) is 0.841. The predicted molar refractivity (Wildman–Crippen MR) is 109 cm³/mol. The van der Waals surface area contributed by atoms with Gasteiger partial charge < -0.3 is 15.1 Å². The zero-order valence-corrected chi connectivity index (χ0v) is 17.7. The maximum atomic E-state index is 13.1. The Bertz CT molecular complexity index is 579. The highest BCUT2D eigenvalue weighted by molar-refractivity contribution is 5.76. The Morgan fingerprint density at radius 1 is 1.08 bits per heavy atom. The Labute approximate surface area is 159 Å². The maximum Gasteiger partial charge on any atom is 0.223 e. The molecular formula is C22H37N3O. The molecule has 4 nitrogen and oxygen atoms in total. The van der Waals surface area contributed by atoms with Crippen LogP contribution in [0.25, 0.3) is 0 Å². The minimum Gasteiger partial charge on any atom is -0.337 e. The van der Waals surface area contributed by atoms with Crippen LogP contribution in [0, 0.1) is 5.92 Å². The third kappa shape index (κ3) is 5.82. The van der Waals surface area contributed by atoms with Crippen molar-refractivity contribution in [2.24, 2.45) is 5.92 Å². The fraction of sp³-hybridized carbons (Fsp3) is 0.682. The highest BCUT2D eigenvalue weighted by Gasteiger charge is 2.39. The molecule has 1 aliphatic heterocycles. The molecule has 2 rings (SSSR count). The zero-order valence-electron chi connectivity index (χ0n) is 17.7. The van der Waals surface area contributed by atoms with Crippen LogP contribution >= 0.6 is 0 Å². The molecule has 1 heterocycles. The summed E-state index contributed by atoms with van der Waals surface area (Å²) in [6.07, 6.45) is 2.71. The molecule has 26 heavy (non-hydrogen) atoms. The van der Waals surface area contributed by atoms with Crippen LogP contribution in [0.5, 0.6) is 0 Å². The number of rotatable bonds is 6. The average Bonchev–Trinajstić information content (AvgIpc) is 2.49. The Hall–Kier alpha value is -1.39. The molecule has 1 amide bonds. The first-order chi connectivity index (χ1) is 12.0. The maximum absolute atomic E-state index is 13.1. The fourth-order valence-corrected chi connectivity index (χ4v) is 4.72. The Morgan fingerprint density at radius 3 is 2.12 bits per heavy atom. The number of nitrogens with one attached hydrogen (secondary N) is 1. The molecule has 1 atom stereocenters. The third-order valence-corrected chi connectivity index (χ3v) is 5.32. The lowest BCUT2D eigenvalue weighted by atomic mass is 9.74. The van der Waals surface area contributed by atoms with Gasteiger partial charge in [-0.1, -0.05) is 30.3 Å². The summed E-state index contributed by atoms with van der Waals surface area (Å²) >= 11 is 0. The number of piperidine rings is 1. The minimum atomic E-state index is 0.0771. The van der Waals surface area contributed by atoms with E-state index in [1.165, 1.54) is 5.56 Å². The van der Waals surface area contributed by atoms with Crippen LogP contribution in [-0.4, -0.2) is 54.5 Å². The Balaban J connectivity index is 2.11. The van der Waals surface area contributed by atoms with Crippen LogP contribution in [0.3, 0.4) is 0 Å². The molecule has 0 unspecified atom stereocenters. The minimum absolute atomic E-state index is 0.0771. The lowest BCUT2D eigenvalue weighted by Gasteiger charge is -2.46. The first-order valence-electron chi connectivity index (χ1n) is 9.74. The molecule has 0 saturated carbocycles. The van der Waals surface area contributed by atoms with Crippen LogP contribution in [0.4, 0.5) is 0 Å². The monoisotopic (exact) mass is 359 g/mol. The summed E-state index contributed by atoms with van der Waals surface area (Å²) in [5.74, 6) is 0.672. The number of benzene rings is 1. The summed E-state index contributed by atoms with van der Waals surface area (Å²) in [4.78, 5) is 17.2. The number of likely N-dealkylation sites (N-methyl/N-ethyl adjacent to an activating group) is 2. The number of amides is 1. The number of hydrogen-bond donors (Lipinski definition) is 1. The van der Waals surface area contributed by atoms with Crippen molar-refractivity contribution >= 4 is 5.91 Å². The molecular weight excluding hydrogens is 322 g/mol. The van der Waals surface area contributed by atoms with E-state index in [0.717, 1.165) is 19.4 Å². The number of carbonyl (C=O) groups excluding carboxylic acids is 1. The second-order valence-corrected chi connectivity index (χ2v) is 9.56. The van der Waals surface area contributed by atoms with Crippen molar-refractivity contribution in [3.8, 4) is 0 Å². The lowest BCUT2D eigenvalue weighted by molar-refractivity contribution is -0.134. The summed E-state index contributed by atoms with van der Waals surface area (Å²) in [6.45, 7) is 9.80. The lowest BCUT2D eigenvalue weighted by Crippen LogP contribution is -2.58. The van der Waals surface area contributed by atoms with E-state index >= 15 is 0 Å². The molecule has 1 aliphatic rings. The molecule has 0 spiro atoms. The molecule has 4 heteroatoms. The molecule has 1 fully saturated rings. The summed E-state index contributed by atoms with van der Waals surface area (Å²) in [5, 5.41) is 3.71. The Morgan fingerprint density at radius 2 is 1.62 bits per heavy atom. The van der Waals surface area contributed by atoms with Crippen LogP contribution < -0.4 is 5.32 Å². The van der Waals surface area contributed by atoms with Crippen molar-refractivity contribution in [1.29, 1.82) is 0 Å². The molecule has 146 valence electrons. The van der Waals surface area contributed by atoms with Crippen LogP contribution in [-0.2, 0) is 4.79 Å². The SMILES string of the molecule is CN(C)C[C@@H](c1ccccc1)N(C)C(=O)CC1CC(C)(C)NC(C)(C)C1. The van der Waals surface area contributed by atoms with Crippen molar-refractivity contribution < 1.29 is 4.79 Å². The van der Waals surface area contributed by atoms with Gasteiger partial charge in [0.25, 0.3) is 0 Å². The predicted octanol–water partition coefficient (Wildman–Crippen LogP) is 3.69. The van der Waals surface area contributed by atoms with Gasteiger partial charge in [0.05, 0.1) is 6.04 Å². The second-order valence-electron chi connectivity index (χ2n) is 9.56. The molecule has 1 aromatic carbocycles. The number of carbonyl (C=O) groups is 1. The van der Waals surface area contributed by atoms with E-state index in [9.17, 15) is 4.79 Å². The fourth-order valence-electron chi connectivity index (χ4n) is 4.72. The molecule has 0 bridgehead atoms. The summed E-state index contributed by atoms with van der Waals surface area (Å²) in [7, 11) is 6.08. The van der Waals surface area contributed by atoms with E-state index < -0.39 is 0 Å². The zero-order chi connectivity index (χ0) is 19.5. The van der Waals surface area contributed by atoms with Crippen molar-refractivity contribution in [3.63, 3.8) is 0 Å². The average molecular weight is 360 g/mol. The van der Waals surface area contributed by atoms with Gasteiger partial charge in [-0.3, -0.25) is 4.79 Å². The molecule has 0 radical (unpaired) electrons. The van der Waals surface area contributed by atoms with E-state index in [0.29, 0.717) is 12.3 Å². The van der Waals surface area contributed by atoms with E-state index in [4.69, 9.17) is 0 Å². The number of nitrogens with zero attached hydrogens (tertiary/aromatic N) is 2. The van der Waals surface area contributed by atoms with Crippen molar-refractivity contribution in [2.75, 3.05) is 27.7 Å². The van der Waals surface area contributed by atoms with Gasteiger partial charge in [0, 0.05) is 31.1 Å². The van der Waals surface area contributed by atoms with Crippen LogP contribution in [0.2, 0.25) is 0 Å². The molecule has 1 N–H and O–H groups in total. The van der Waals surface area contributed by atoms with Crippen LogP contribution in [0.15, 0.2) is 30.3 Å². The molecule has 1 saturated heterocycles. The van der Waals surface area contributed by atoms with E-state index in [2.05, 4.69) is 64.1 Å². The first-order valence-corrected chi connectivity index (χ1v) is 9.74. The van der Waals surface area contributed by atoms with Crippen molar-refractivity contribution in [2.45, 2.75) is 64.1 Å². The highest BCUT2D eigenvalue weighted by Crippen LogP contribution is 2.35. The summed E-state index contributed by atoms with van der Waals surface area (Å²) in [6, 6.07) is 10.4. The van der Waals surface area contributed by atoms with E-state index in [1.54, 1.807) is 0 Å². The van der Waals surface area contributed by atoms with Gasteiger partial charge in [-0.05, 0) is 66.1 Å². The van der Waals surface area contributed by atoms with Crippen molar-refractivity contribution in [1.82, 2.24) is 15.1 Å². The first kappa shape index (κ1) is 20.9. The number of hydrogen-bond acceptors (Lipinski definition) is 3. The largest absolute Gasteiger partial charge is 0.337 e. The van der Waals surface area contributed by atoms with Gasteiger partial charge in [-0.2, -0.15) is 0 Å². The van der Waals surface area contributed by atoms with Crippen molar-refractivity contribution in [3.05, 3.63) is 35.9 Å². The van der Waals surface area contributed by atoms with Gasteiger partial charge in [-0.15, -0.1) is 0 Å². The summed E-state index contributed by atoms with van der Waals surface area (Å²) in [5.41, 5.74) is 1.35. The smallest absolute Gasteiger partial charge is 0.223 e. The highest BCUT2D eigenvalue weighted by atomic mass is 16.2. The van der Waals surface area contributed by atoms with Gasteiger partial charge in [0.2, 0.25) is 5.91 Å². The Kier molecular flexibility index (Phi) is 6.51. The summed E-state index contributed by atoms with van der Waals surface area (Å²) < 4.78 is 0. The topological polar surface area (TPSA) is 35.6 Å². The van der Waals surface area contributed by atoms with Gasteiger partial charge in [0.15, 0.2) is 0 Å². The second kappa shape index (κ2) is 8.10. The normalized spacial score (nSPS) is 20.8. The van der Waals surface area contributed by atoms with Gasteiger partial charge in [-0.25, -0.2) is 0 Å². The molecule has 0 aromatic heterocycles.